The summed E-state index contributed by atoms with van der Waals surface area (Å²) in [6, 6.07) is 0. The van der Waals surface area contributed by atoms with E-state index in [4.69, 9.17) is 5.11 Å². The molecule has 0 aromatic carbocycles. The fraction of sp³-hybridized carbons (Fsp3) is 0.556. The van der Waals surface area contributed by atoms with Crippen molar-refractivity contribution in [1.82, 2.24) is 20.3 Å². The van der Waals surface area contributed by atoms with Gasteiger partial charge in [0.1, 0.15) is 6.54 Å². The summed E-state index contributed by atoms with van der Waals surface area (Å²) in [7, 11) is 0. The number of hydrogen-bond acceptors (Lipinski definition) is 4. The minimum Gasteiger partial charge on any atom is -0.481 e. The zero-order chi connectivity index (χ0) is 12.2. The summed E-state index contributed by atoms with van der Waals surface area (Å²) in [4.78, 5) is 22.2. The molecule has 0 spiro atoms. The third-order valence-electron chi connectivity index (χ3n) is 2.08. The molecule has 0 aliphatic heterocycles. The molecule has 0 unspecified atom stereocenters. The van der Waals surface area contributed by atoms with Gasteiger partial charge in [-0.25, -0.2) is 4.68 Å². The number of carboxylic acids is 1. The van der Waals surface area contributed by atoms with E-state index in [-0.39, 0.29) is 19.0 Å². The summed E-state index contributed by atoms with van der Waals surface area (Å²) >= 11 is 0. The zero-order valence-electron chi connectivity index (χ0n) is 9.17. The van der Waals surface area contributed by atoms with Crippen LogP contribution in [0.3, 0.4) is 0 Å². The fourth-order valence-corrected chi connectivity index (χ4v) is 0.915. The van der Waals surface area contributed by atoms with Crippen molar-refractivity contribution in [2.24, 2.45) is 5.41 Å². The number of rotatable bonds is 5. The van der Waals surface area contributed by atoms with Crippen LogP contribution in [0.5, 0.6) is 0 Å². The van der Waals surface area contributed by atoms with E-state index in [9.17, 15) is 9.59 Å². The smallest absolute Gasteiger partial charge is 0.310 e. The van der Waals surface area contributed by atoms with E-state index < -0.39 is 11.4 Å². The Bertz CT molecular complexity index is 372. The Morgan fingerprint density at radius 2 is 2.19 bits per heavy atom. The molecule has 0 bridgehead atoms. The van der Waals surface area contributed by atoms with E-state index in [2.05, 4.69) is 15.6 Å². The Labute approximate surface area is 92.4 Å². The van der Waals surface area contributed by atoms with Gasteiger partial charge in [-0.1, -0.05) is 5.21 Å². The van der Waals surface area contributed by atoms with Gasteiger partial charge < -0.3 is 10.4 Å². The van der Waals surface area contributed by atoms with Gasteiger partial charge in [-0.3, -0.25) is 9.59 Å². The third kappa shape index (κ3) is 3.34. The minimum atomic E-state index is -0.974. The molecule has 1 aromatic heterocycles. The molecule has 0 atom stereocenters. The average molecular weight is 226 g/mol. The molecule has 88 valence electrons. The van der Waals surface area contributed by atoms with Crippen LogP contribution in [0.1, 0.15) is 13.8 Å². The van der Waals surface area contributed by atoms with Crippen LogP contribution in [0.15, 0.2) is 12.4 Å². The molecule has 7 heteroatoms. The van der Waals surface area contributed by atoms with Crippen LogP contribution in [0.4, 0.5) is 0 Å². The van der Waals surface area contributed by atoms with Gasteiger partial charge in [0.15, 0.2) is 0 Å². The summed E-state index contributed by atoms with van der Waals surface area (Å²) in [5, 5.41) is 18.5. The van der Waals surface area contributed by atoms with Crippen LogP contribution in [0.25, 0.3) is 0 Å². The van der Waals surface area contributed by atoms with E-state index in [1.807, 2.05) is 0 Å². The first-order chi connectivity index (χ1) is 7.42. The second kappa shape index (κ2) is 4.73. The normalized spacial score (nSPS) is 11.1. The predicted molar refractivity (Wildman–Crippen MR) is 54.4 cm³/mol. The molecule has 1 rings (SSSR count). The highest BCUT2D eigenvalue weighted by Gasteiger charge is 2.27. The maximum atomic E-state index is 11.4. The summed E-state index contributed by atoms with van der Waals surface area (Å²) in [6.45, 7) is 3.21. The summed E-state index contributed by atoms with van der Waals surface area (Å²) in [5.41, 5.74) is -0.974. The average Bonchev–Trinajstić information content (AvgIpc) is 2.67. The maximum Gasteiger partial charge on any atom is 0.310 e. The van der Waals surface area contributed by atoms with Crippen LogP contribution >= 0.6 is 0 Å². The first-order valence-electron chi connectivity index (χ1n) is 4.76. The number of amides is 1. The minimum absolute atomic E-state index is 0.0374. The molecule has 0 aliphatic rings. The molecular formula is C9H14N4O3. The first kappa shape index (κ1) is 12.2. The highest BCUT2D eigenvalue weighted by molar-refractivity contribution is 5.78. The van der Waals surface area contributed by atoms with Crippen molar-refractivity contribution < 1.29 is 14.7 Å². The Balaban J connectivity index is 2.39. The lowest BCUT2D eigenvalue weighted by molar-refractivity contribution is -0.146. The van der Waals surface area contributed by atoms with E-state index in [0.29, 0.717) is 0 Å². The van der Waals surface area contributed by atoms with Gasteiger partial charge in [0.25, 0.3) is 0 Å². The lowest BCUT2D eigenvalue weighted by atomic mass is 9.94. The molecule has 2 N–H and O–H groups in total. The Kier molecular flexibility index (Phi) is 3.60. The van der Waals surface area contributed by atoms with Crippen molar-refractivity contribution in [1.29, 1.82) is 0 Å². The summed E-state index contributed by atoms with van der Waals surface area (Å²) in [6.07, 6.45) is 3.02. The molecule has 0 saturated heterocycles. The number of hydrogen-bond donors (Lipinski definition) is 2. The Hall–Kier alpha value is -1.92. The van der Waals surface area contributed by atoms with Crippen molar-refractivity contribution in [3.05, 3.63) is 12.4 Å². The second-order valence-corrected chi connectivity index (χ2v) is 4.07. The standard InChI is InChI=1S/C9H14N4O3/c1-9(2,8(15)16)6-10-7(14)5-13-4-3-11-12-13/h3-4H,5-6H2,1-2H3,(H,10,14)(H,15,16). The van der Waals surface area contributed by atoms with E-state index in [0.717, 1.165) is 0 Å². The first-order valence-corrected chi connectivity index (χ1v) is 4.76. The molecule has 1 aromatic rings. The Morgan fingerprint density at radius 1 is 1.50 bits per heavy atom. The summed E-state index contributed by atoms with van der Waals surface area (Å²) < 4.78 is 1.36. The monoisotopic (exact) mass is 226 g/mol. The highest BCUT2D eigenvalue weighted by Crippen LogP contribution is 2.12. The van der Waals surface area contributed by atoms with Crippen molar-refractivity contribution in [3.8, 4) is 0 Å². The molecule has 0 aliphatic carbocycles. The number of carboxylic acid groups (broad SMARTS) is 1. The fourth-order valence-electron chi connectivity index (χ4n) is 0.915. The van der Waals surface area contributed by atoms with Crippen LogP contribution in [-0.4, -0.2) is 38.5 Å². The van der Waals surface area contributed by atoms with Gasteiger partial charge in [0, 0.05) is 12.7 Å². The molecule has 0 fully saturated rings. The zero-order valence-corrected chi connectivity index (χ0v) is 9.17. The van der Waals surface area contributed by atoms with Gasteiger partial charge in [0.2, 0.25) is 5.91 Å². The van der Waals surface area contributed by atoms with E-state index in [1.165, 1.54) is 10.9 Å². The molecule has 16 heavy (non-hydrogen) atoms. The summed E-state index contributed by atoms with van der Waals surface area (Å²) in [5.74, 6) is -1.24. The van der Waals surface area contributed by atoms with Crippen LogP contribution in [-0.2, 0) is 16.1 Å². The van der Waals surface area contributed by atoms with Gasteiger partial charge in [-0.15, -0.1) is 5.10 Å². The SMILES string of the molecule is CC(C)(CNC(=O)Cn1ccnn1)C(=O)O. The highest BCUT2D eigenvalue weighted by atomic mass is 16.4. The molecular weight excluding hydrogens is 212 g/mol. The molecule has 7 nitrogen and oxygen atoms in total. The topological polar surface area (TPSA) is 97.1 Å². The van der Waals surface area contributed by atoms with E-state index >= 15 is 0 Å². The van der Waals surface area contributed by atoms with Gasteiger partial charge in [-0.2, -0.15) is 0 Å². The quantitative estimate of drug-likeness (QED) is 0.705. The molecule has 1 amide bonds. The van der Waals surface area contributed by atoms with Gasteiger partial charge in [-0.05, 0) is 13.8 Å². The van der Waals surface area contributed by atoms with Crippen molar-refractivity contribution in [2.75, 3.05) is 6.54 Å². The van der Waals surface area contributed by atoms with Crippen molar-refractivity contribution >= 4 is 11.9 Å². The maximum absolute atomic E-state index is 11.4. The second-order valence-electron chi connectivity index (χ2n) is 4.07. The molecule has 0 saturated carbocycles. The van der Waals surface area contributed by atoms with E-state index in [1.54, 1.807) is 20.0 Å². The third-order valence-corrected chi connectivity index (χ3v) is 2.08. The van der Waals surface area contributed by atoms with Crippen molar-refractivity contribution in [2.45, 2.75) is 20.4 Å². The molecule has 1 heterocycles. The lowest BCUT2D eigenvalue weighted by Crippen LogP contribution is -2.40. The van der Waals surface area contributed by atoms with Crippen LogP contribution in [0, 0.1) is 5.41 Å². The number of aliphatic carboxylic acids is 1. The largest absolute Gasteiger partial charge is 0.481 e. The number of carbonyl (C=O) groups excluding carboxylic acids is 1. The van der Waals surface area contributed by atoms with Crippen LogP contribution in [0.2, 0.25) is 0 Å². The molecule has 0 radical (unpaired) electrons. The van der Waals surface area contributed by atoms with Crippen molar-refractivity contribution in [3.63, 3.8) is 0 Å². The number of carbonyl (C=O) groups is 2. The number of aromatic nitrogens is 3. The Morgan fingerprint density at radius 3 is 2.69 bits per heavy atom. The number of nitrogens with one attached hydrogen (secondary N) is 1. The predicted octanol–water partition coefficient (Wildman–Crippen LogP) is -0.495. The lowest BCUT2D eigenvalue weighted by Gasteiger charge is -2.19. The van der Waals surface area contributed by atoms with Gasteiger partial charge in [0.05, 0.1) is 11.6 Å². The van der Waals surface area contributed by atoms with Crippen LogP contribution < -0.4 is 5.32 Å². The number of nitrogens with zero attached hydrogens (tertiary/aromatic N) is 3. The van der Waals surface area contributed by atoms with Gasteiger partial charge >= 0.3 is 5.97 Å².